The van der Waals surface area contributed by atoms with Crippen LogP contribution in [0.4, 0.5) is 17.6 Å². The van der Waals surface area contributed by atoms with Crippen molar-refractivity contribution >= 4 is 11.3 Å². The first-order valence-corrected chi connectivity index (χ1v) is 4.43. The molecule has 1 N–H and O–H groups in total. The van der Waals surface area contributed by atoms with Gasteiger partial charge in [-0.15, -0.1) is 10.2 Å². The molecule has 0 spiro atoms. The van der Waals surface area contributed by atoms with Crippen LogP contribution in [0, 0.1) is 0 Å². The zero-order valence-electron chi connectivity index (χ0n) is 7.10. The Kier molecular flexibility index (Phi) is 3.38. The summed E-state index contributed by atoms with van der Waals surface area (Å²) in [6.45, 7) is 0.233. The molecule has 0 saturated carbocycles. The van der Waals surface area contributed by atoms with Gasteiger partial charge in [-0.1, -0.05) is 11.3 Å². The predicted molar refractivity (Wildman–Crippen MR) is 42.6 cm³/mol. The molecule has 0 aliphatic carbocycles. The van der Waals surface area contributed by atoms with E-state index in [1.807, 2.05) is 0 Å². The van der Waals surface area contributed by atoms with Crippen molar-refractivity contribution in [3.05, 3.63) is 10.0 Å². The van der Waals surface area contributed by atoms with Crippen LogP contribution in [-0.4, -0.2) is 23.7 Å². The van der Waals surface area contributed by atoms with Gasteiger partial charge in [0.1, 0.15) is 5.01 Å². The van der Waals surface area contributed by atoms with Crippen LogP contribution < -0.4 is 5.32 Å². The standard InChI is InChI=1S/C6H7F4N3S/c1-11-2-3-12-13-5(14-3)6(9,10)4(7)8/h4,11H,2H2,1H3. The summed E-state index contributed by atoms with van der Waals surface area (Å²) in [5, 5.41) is 8.33. The molecule has 0 amide bonds. The third kappa shape index (κ3) is 2.18. The number of hydrogen-bond acceptors (Lipinski definition) is 4. The highest BCUT2D eigenvalue weighted by atomic mass is 32.1. The Hall–Kier alpha value is -0.760. The van der Waals surface area contributed by atoms with E-state index < -0.39 is 17.4 Å². The first-order valence-electron chi connectivity index (χ1n) is 3.62. The Balaban J connectivity index is 2.85. The summed E-state index contributed by atoms with van der Waals surface area (Å²) >= 11 is 0.478. The highest BCUT2D eigenvalue weighted by Crippen LogP contribution is 2.35. The lowest BCUT2D eigenvalue weighted by atomic mass is 10.4. The molecule has 14 heavy (non-hydrogen) atoms. The summed E-state index contributed by atoms with van der Waals surface area (Å²) < 4.78 is 49.1. The monoisotopic (exact) mass is 229 g/mol. The van der Waals surface area contributed by atoms with E-state index in [1.54, 1.807) is 7.05 Å². The van der Waals surface area contributed by atoms with Gasteiger partial charge in [0.25, 0.3) is 0 Å². The highest BCUT2D eigenvalue weighted by molar-refractivity contribution is 7.11. The lowest BCUT2D eigenvalue weighted by Crippen LogP contribution is -2.23. The predicted octanol–water partition coefficient (Wildman–Crippen LogP) is 1.61. The molecule has 0 atom stereocenters. The summed E-state index contributed by atoms with van der Waals surface area (Å²) in [4.78, 5) is 0. The lowest BCUT2D eigenvalue weighted by Gasteiger charge is -2.09. The van der Waals surface area contributed by atoms with E-state index >= 15 is 0 Å². The maximum absolute atomic E-state index is 12.7. The number of rotatable bonds is 4. The molecule has 0 aliphatic rings. The smallest absolute Gasteiger partial charge is 0.313 e. The maximum atomic E-state index is 12.7. The van der Waals surface area contributed by atoms with E-state index in [0.717, 1.165) is 0 Å². The van der Waals surface area contributed by atoms with Crippen molar-refractivity contribution < 1.29 is 17.6 Å². The molecule has 1 aromatic rings. The Labute approximate surface area is 81.2 Å². The average molecular weight is 229 g/mol. The van der Waals surface area contributed by atoms with Crippen LogP contribution >= 0.6 is 11.3 Å². The molecule has 1 heterocycles. The molecular weight excluding hydrogens is 222 g/mol. The van der Waals surface area contributed by atoms with Gasteiger partial charge in [-0.3, -0.25) is 0 Å². The van der Waals surface area contributed by atoms with Crippen LogP contribution in [-0.2, 0) is 12.5 Å². The van der Waals surface area contributed by atoms with E-state index in [-0.39, 0.29) is 11.6 Å². The topological polar surface area (TPSA) is 37.8 Å². The summed E-state index contributed by atoms with van der Waals surface area (Å²) in [7, 11) is 1.59. The summed E-state index contributed by atoms with van der Waals surface area (Å²) in [6.07, 6.45) is -3.75. The van der Waals surface area contributed by atoms with Gasteiger partial charge in [-0.25, -0.2) is 8.78 Å². The molecule has 8 heteroatoms. The molecule has 0 saturated heterocycles. The second-order valence-electron chi connectivity index (χ2n) is 2.45. The van der Waals surface area contributed by atoms with Crippen LogP contribution in [0.2, 0.25) is 0 Å². The molecule has 3 nitrogen and oxygen atoms in total. The lowest BCUT2D eigenvalue weighted by molar-refractivity contribution is -0.135. The molecule has 80 valence electrons. The minimum absolute atomic E-state index is 0.233. The van der Waals surface area contributed by atoms with Gasteiger partial charge in [0.05, 0.1) is 0 Å². The molecule has 0 aromatic carbocycles. The van der Waals surface area contributed by atoms with Gasteiger partial charge in [-0.2, -0.15) is 8.78 Å². The Morgan fingerprint density at radius 1 is 1.43 bits per heavy atom. The molecule has 1 rings (SSSR count). The van der Waals surface area contributed by atoms with Gasteiger partial charge in [-0.05, 0) is 7.05 Å². The van der Waals surface area contributed by atoms with Gasteiger partial charge >= 0.3 is 12.3 Å². The highest BCUT2D eigenvalue weighted by Gasteiger charge is 2.46. The van der Waals surface area contributed by atoms with E-state index in [1.165, 1.54) is 0 Å². The Bertz CT molecular complexity index is 301. The van der Waals surface area contributed by atoms with Gasteiger partial charge in [0.2, 0.25) is 0 Å². The van der Waals surface area contributed by atoms with Gasteiger partial charge < -0.3 is 5.32 Å². The molecule has 1 aromatic heterocycles. The number of hydrogen-bond donors (Lipinski definition) is 1. The fourth-order valence-electron chi connectivity index (χ4n) is 0.704. The maximum Gasteiger partial charge on any atom is 0.359 e. The number of halogens is 4. The summed E-state index contributed by atoms with van der Waals surface area (Å²) in [5.74, 6) is -4.20. The summed E-state index contributed by atoms with van der Waals surface area (Å²) in [6, 6.07) is 0. The largest absolute Gasteiger partial charge is 0.359 e. The molecule has 0 fully saturated rings. The van der Waals surface area contributed by atoms with Gasteiger partial charge in [0.15, 0.2) is 5.01 Å². The van der Waals surface area contributed by atoms with Gasteiger partial charge in [0, 0.05) is 6.54 Å². The van der Waals surface area contributed by atoms with Crippen molar-refractivity contribution in [2.45, 2.75) is 18.9 Å². The minimum Gasteiger partial charge on any atom is -0.313 e. The summed E-state index contributed by atoms with van der Waals surface area (Å²) in [5.41, 5.74) is 0. The fraction of sp³-hybridized carbons (Fsp3) is 0.667. The van der Waals surface area contributed by atoms with Crippen LogP contribution in [0.1, 0.15) is 10.0 Å². The average Bonchev–Trinajstić information content (AvgIpc) is 2.53. The number of aromatic nitrogens is 2. The number of nitrogens with one attached hydrogen (secondary N) is 1. The van der Waals surface area contributed by atoms with Crippen molar-refractivity contribution in [1.82, 2.24) is 15.5 Å². The third-order valence-electron chi connectivity index (χ3n) is 1.35. The fourth-order valence-corrected chi connectivity index (χ4v) is 1.53. The van der Waals surface area contributed by atoms with Crippen molar-refractivity contribution in [3.63, 3.8) is 0 Å². The molecular formula is C6H7F4N3S. The number of nitrogens with zero attached hydrogens (tertiary/aromatic N) is 2. The molecule has 0 radical (unpaired) electrons. The van der Waals surface area contributed by atoms with E-state index in [0.29, 0.717) is 11.3 Å². The van der Waals surface area contributed by atoms with Crippen molar-refractivity contribution in [3.8, 4) is 0 Å². The van der Waals surface area contributed by atoms with Crippen LogP contribution in [0.25, 0.3) is 0 Å². The number of alkyl halides is 4. The van der Waals surface area contributed by atoms with Crippen LogP contribution in [0.5, 0.6) is 0 Å². The first kappa shape index (κ1) is 11.3. The van der Waals surface area contributed by atoms with Crippen LogP contribution in [0.15, 0.2) is 0 Å². The molecule has 0 aliphatic heterocycles. The molecule has 0 unspecified atom stereocenters. The van der Waals surface area contributed by atoms with Crippen LogP contribution in [0.3, 0.4) is 0 Å². The van der Waals surface area contributed by atoms with E-state index in [9.17, 15) is 17.6 Å². The Morgan fingerprint density at radius 2 is 2.07 bits per heavy atom. The van der Waals surface area contributed by atoms with E-state index in [4.69, 9.17) is 0 Å². The van der Waals surface area contributed by atoms with Crippen molar-refractivity contribution in [2.24, 2.45) is 0 Å². The minimum atomic E-state index is -4.20. The van der Waals surface area contributed by atoms with Crippen molar-refractivity contribution in [2.75, 3.05) is 7.05 Å². The first-order chi connectivity index (χ1) is 6.48. The third-order valence-corrected chi connectivity index (χ3v) is 2.36. The zero-order chi connectivity index (χ0) is 10.8. The zero-order valence-corrected chi connectivity index (χ0v) is 7.92. The second kappa shape index (κ2) is 4.18. The normalized spacial score (nSPS) is 12.4. The second-order valence-corrected chi connectivity index (χ2v) is 3.52. The SMILES string of the molecule is CNCc1nnc(C(F)(F)C(F)F)s1. The van der Waals surface area contributed by atoms with E-state index in [2.05, 4.69) is 15.5 Å². The quantitative estimate of drug-likeness (QED) is 0.797. The Morgan fingerprint density at radius 3 is 2.57 bits per heavy atom. The van der Waals surface area contributed by atoms with Crippen molar-refractivity contribution in [1.29, 1.82) is 0 Å². The molecule has 0 bridgehead atoms.